The molecule has 2 aromatic rings. The Morgan fingerprint density at radius 2 is 2.10 bits per heavy atom. The number of thiocarbonyl (C=S) groups is 1. The third-order valence-electron chi connectivity index (χ3n) is 3.74. The lowest BCUT2D eigenvalue weighted by atomic mass is 10.0. The first-order chi connectivity index (χ1) is 10.1. The first-order valence-corrected chi connectivity index (χ1v) is 7.55. The molecule has 1 aliphatic heterocycles. The molecular formula is C16H19N3OS. The van der Waals surface area contributed by atoms with E-state index in [1.54, 1.807) is 0 Å². The number of nitrogens with one attached hydrogen (secondary N) is 1. The number of nitrogens with zero attached hydrogens (tertiary/aromatic N) is 2. The highest BCUT2D eigenvalue weighted by atomic mass is 32.1. The molecule has 3 heterocycles. The number of hydrogen-bond acceptors (Lipinski definition) is 3. The fourth-order valence-corrected chi connectivity index (χ4v) is 3.29. The standard InChI is InChI=1S/C16H19N3OS/c1-10(2)19-15(13-8-7-11(3)20-13)14(18-16(19)21)12-6-4-5-9-17-12/h4-10,14-15H,1-3H3,(H,18,21)/t14-,15-/m0/s1. The normalized spacial score (nSPS) is 21.9. The molecule has 0 spiro atoms. The second-order valence-corrected chi connectivity index (χ2v) is 5.96. The summed E-state index contributed by atoms with van der Waals surface area (Å²) in [6.45, 7) is 6.23. The van der Waals surface area contributed by atoms with Crippen molar-refractivity contribution in [3.8, 4) is 0 Å². The van der Waals surface area contributed by atoms with E-state index >= 15 is 0 Å². The minimum Gasteiger partial charge on any atom is -0.464 e. The van der Waals surface area contributed by atoms with Crippen molar-refractivity contribution in [3.05, 3.63) is 53.7 Å². The van der Waals surface area contributed by atoms with E-state index < -0.39 is 0 Å². The Morgan fingerprint density at radius 1 is 1.29 bits per heavy atom. The van der Waals surface area contributed by atoms with E-state index in [-0.39, 0.29) is 18.1 Å². The van der Waals surface area contributed by atoms with E-state index in [1.807, 2.05) is 43.5 Å². The van der Waals surface area contributed by atoms with E-state index in [0.717, 1.165) is 22.3 Å². The minimum atomic E-state index is 0.00616. The van der Waals surface area contributed by atoms with Crippen molar-refractivity contribution in [2.24, 2.45) is 0 Å². The Hall–Kier alpha value is -1.88. The van der Waals surface area contributed by atoms with E-state index in [1.165, 1.54) is 0 Å². The van der Waals surface area contributed by atoms with Crippen LogP contribution in [0.5, 0.6) is 0 Å². The second-order valence-electron chi connectivity index (χ2n) is 5.58. The molecule has 21 heavy (non-hydrogen) atoms. The van der Waals surface area contributed by atoms with Gasteiger partial charge in [-0.1, -0.05) is 6.07 Å². The van der Waals surface area contributed by atoms with Crippen LogP contribution < -0.4 is 5.32 Å². The molecule has 0 saturated carbocycles. The molecule has 2 atom stereocenters. The highest BCUT2D eigenvalue weighted by Gasteiger charge is 2.42. The SMILES string of the molecule is Cc1ccc([C@H]2[C@H](c3ccccn3)NC(=S)N2C(C)C)o1. The molecule has 2 aromatic heterocycles. The van der Waals surface area contributed by atoms with Gasteiger partial charge in [0.25, 0.3) is 0 Å². The predicted molar refractivity (Wildman–Crippen MR) is 85.9 cm³/mol. The highest BCUT2D eigenvalue weighted by Crippen LogP contribution is 2.40. The maximum absolute atomic E-state index is 5.88. The van der Waals surface area contributed by atoms with Gasteiger partial charge in [-0.15, -0.1) is 0 Å². The van der Waals surface area contributed by atoms with E-state index in [4.69, 9.17) is 16.6 Å². The van der Waals surface area contributed by atoms with Gasteiger partial charge in [0.1, 0.15) is 17.6 Å². The summed E-state index contributed by atoms with van der Waals surface area (Å²) in [5.41, 5.74) is 0.974. The Morgan fingerprint density at radius 3 is 2.67 bits per heavy atom. The fourth-order valence-electron chi connectivity index (χ4n) is 2.84. The van der Waals surface area contributed by atoms with Crippen molar-refractivity contribution in [1.82, 2.24) is 15.2 Å². The molecule has 110 valence electrons. The fraction of sp³-hybridized carbons (Fsp3) is 0.375. The van der Waals surface area contributed by atoms with Crippen LogP contribution in [0, 0.1) is 6.92 Å². The van der Waals surface area contributed by atoms with Crippen LogP contribution in [0.25, 0.3) is 0 Å². The molecule has 1 fully saturated rings. The van der Waals surface area contributed by atoms with Crippen LogP contribution in [0.2, 0.25) is 0 Å². The Kier molecular flexibility index (Phi) is 3.68. The molecule has 0 amide bonds. The lowest BCUT2D eigenvalue weighted by Crippen LogP contribution is -2.35. The van der Waals surface area contributed by atoms with E-state index in [9.17, 15) is 0 Å². The lowest BCUT2D eigenvalue weighted by molar-refractivity contribution is 0.233. The van der Waals surface area contributed by atoms with Gasteiger partial charge in [0.15, 0.2) is 5.11 Å². The Balaban J connectivity index is 2.05. The lowest BCUT2D eigenvalue weighted by Gasteiger charge is -2.29. The third-order valence-corrected chi connectivity index (χ3v) is 4.07. The Bertz CT molecular complexity index is 638. The maximum Gasteiger partial charge on any atom is 0.170 e. The van der Waals surface area contributed by atoms with Gasteiger partial charge >= 0.3 is 0 Å². The smallest absolute Gasteiger partial charge is 0.170 e. The van der Waals surface area contributed by atoms with Crippen molar-refractivity contribution in [3.63, 3.8) is 0 Å². The molecule has 4 nitrogen and oxygen atoms in total. The molecule has 0 aromatic carbocycles. The zero-order chi connectivity index (χ0) is 15.0. The van der Waals surface area contributed by atoms with Crippen LogP contribution in [0.1, 0.15) is 43.1 Å². The van der Waals surface area contributed by atoms with E-state index in [0.29, 0.717) is 0 Å². The molecule has 1 N–H and O–H groups in total. The minimum absolute atomic E-state index is 0.00616. The van der Waals surface area contributed by atoms with Gasteiger partial charge in [-0.25, -0.2) is 0 Å². The summed E-state index contributed by atoms with van der Waals surface area (Å²) in [6, 6.07) is 10.3. The quantitative estimate of drug-likeness (QED) is 0.880. The summed E-state index contributed by atoms with van der Waals surface area (Å²) >= 11 is 5.52. The molecule has 0 bridgehead atoms. The van der Waals surface area contributed by atoms with Crippen LogP contribution in [0.3, 0.4) is 0 Å². The van der Waals surface area contributed by atoms with Crippen molar-refractivity contribution >= 4 is 17.3 Å². The summed E-state index contributed by atoms with van der Waals surface area (Å²) in [5.74, 6) is 1.83. The summed E-state index contributed by atoms with van der Waals surface area (Å²) in [5, 5.41) is 4.14. The van der Waals surface area contributed by atoms with Crippen LogP contribution in [0.15, 0.2) is 40.9 Å². The number of pyridine rings is 1. The molecular weight excluding hydrogens is 282 g/mol. The number of aromatic nitrogens is 1. The van der Waals surface area contributed by atoms with Gasteiger partial charge in [-0.05, 0) is 57.3 Å². The summed E-state index contributed by atoms with van der Waals surface area (Å²) in [4.78, 5) is 6.67. The molecule has 5 heteroatoms. The van der Waals surface area contributed by atoms with Crippen LogP contribution in [-0.2, 0) is 0 Å². The summed E-state index contributed by atoms with van der Waals surface area (Å²) in [7, 11) is 0. The average molecular weight is 301 g/mol. The number of aryl methyl sites for hydroxylation is 1. The van der Waals surface area contributed by atoms with Gasteiger partial charge in [0.2, 0.25) is 0 Å². The first-order valence-electron chi connectivity index (χ1n) is 7.14. The topological polar surface area (TPSA) is 41.3 Å². The van der Waals surface area contributed by atoms with Gasteiger partial charge < -0.3 is 14.6 Å². The maximum atomic E-state index is 5.88. The zero-order valence-electron chi connectivity index (χ0n) is 12.4. The van der Waals surface area contributed by atoms with E-state index in [2.05, 4.69) is 29.0 Å². The number of hydrogen-bond donors (Lipinski definition) is 1. The van der Waals surface area contributed by atoms with Gasteiger partial charge in [-0.3, -0.25) is 4.98 Å². The van der Waals surface area contributed by atoms with Crippen LogP contribution >= 0.6 is 12.2 Å². The number of rotatable bonds is 3. The summed E-state index contributed by atoms with van der Waals surface area (Å²) < 4.78 is 5.88. The predicted octanol–water partition coefficient (Wildman–Crippen LogP) is 3.36. The van der Waals surface area contributed by atoms with Crippen molar-refractivity contribution < 1.29 is 4.42 Å². The van der Waals surface area contributed by atoms with Crippen LogP contribution in [-0.4, -0.2) is 21.0 Å². The first kappa shape index (κ1) is 14.1. The average Bonchev–Trinajstić information content (AvgIpc) is 3.03. The monoisotopic (exact) mass is 301 g/mol. The molecule has 3 rings (SSSR count). The largest absolute Gasteiger partial charge is 0.464 e. The molecule has 0 radical (unpaired) electrons. The van der Waals surface area contributed by atoms with Crippen molar-refractivity contribution in [2.45, 2.75) is 38.9 Å². The van der Waals surface area contributed by atoms with Crippen LogP contribution in [0.4, 0.5) is 0 Å². The van der Waals surface area contributed by atoms with Crippen molar-refractivity contribution in [1.29, 1.82) is 0 Å². The Labute approximate surface area is 130 Å². The molecule has 0 aliphatic carbocycles. The second kappa shape index (κ2) is 5.48. The zero-order valence-corrected chi connectivity index (χ0v) is 13.2. The molecule has 0 unspecified atom stereocenters. The van der Waals surface area contributed by atoms with Gasteiger partial charge in [-0.2, -0.15) is 0 Å². The highest BCUT2D eigenvalue weighted by molar-refractivity contribution is 7.80. The van der Waals surface area contributed by atoms with Gasteiger partial charge in [0.05, 0.1) is 11.7 Å². The van der Waals surface area contributed by atoms with Gasteiger partial charge in [0, 0.05) is 12.2 Å². The summed E-state index contributed by atoms with van der Waals surface area (Å²) in [6.07, 6.45) is 1.81. The number of furan rings is 1. The molecule has 1 saturated heterocycles. The third kappa shape index (κ3) is 2.53. The van der Waals surface area contributed by atoms with Crippen molar-refractivity contribution in [2.75, 3.05) is 0 Å². The molecule has 1 aliphatic rings.